The van der Waals surface area contributed by atoms with Crippen molar-refractivity contribution in [2.45, 2.75) is 65.7 Å². The maximum absolute atomic E-state index is 5.83. The third-order valence-corrected chi connectivity index (χ3v) is 4.76. The Hall–Kier alpha value is -2.10. The van der Waals surface area contributed by atoms with Crippen LogP contribution in [0.1, 0.15) is 65.7 Å². The van der Waals surface area contributed by atoms with E-state index in [1.54, 1.807) is 12.4 Å². The van der Waals surface area contributed by atoms with Crippen LogP contribution in [0.15, 0.2) is 36.7 Å². The van der Waals surface area contributed by atoms with Crippen LogP contribution in [0.2, 0.25) is 0 Å². The molecule has 0 aliphatic carbocycles. The van der Waals surface area contributed by atoms with Crippen molar-refractivity contribution in [3.05, 3.63) is 36.7 Å². The molecule has 1 atom stereocenters. The van der Waals surface area contributed by atoms with Crippen LogP contribution in [0.3, 0.4) is 0 Å². The van der Waals surface area contributed by atoms with E-state index in [4.69, 9.17) is 9.47 Å². The quantitative estimate of drug-likeness (QED) is 0.388. The lowest BCUT2D eigenvalue weighted by Crippen LogP contribution is -2.08. The van der Waals surface area contributed by atoms with Gasteiger partial charge in [-0.2, -0.15) is 0 Å². The highest BCUT2D eigenvalue weighted by atomic mass is 16.5. The Morgan fingerprint density at radius 1 is 0.852 bits per heavy atom. The van der Waals surface area contributed by atoms with Crippen molar-refractivity contribution >= 4 is 0 Å². The molecular weight excluding hydrogens is 336 g/mol. The molecule has 1 aromatic carbocycles. The lowest BCUT2D eigenvalue weighted by Gasteiger charge is -2.10. The van der Waals surface area contributed by atoms with E-state index in [1.807, 2.05) is 24.3 Å². The van der Waals surface area contributed by atoms with Gasteiger partial charge in [-0.1, -0.05) is 59.3 Å². The zero-order chi connectivity index (χ0) is 19.3. The summed E-state index contributed by atoms with van der Waals surface area (Å²) in [5.41, 5.74) is 1.87. The van der Waals surface area contributed by atoms with Crippen LogP contribution in [0, 0.1) is 5.92 Å². The Balaban J connectivity index is 1.75. The molecule has 4 heteroatoms. The number of unbranched alkanes of at least 4 members (excludes halogenated alkanes) is 5. The number of ether oxygens (including phenoxy) is 2. The summed E-state index contributed by atoms with van der Waals surface area (Å²) in [7, 11) is 0. The molecular formula is C23H34N2O2. The second-order valence-corrected chi connectivity index (χ2v) is 7.20. The second-order valence-electron chi connectivity index (χ2n) is 7.20. The van der Waals surface area contributed by atoms with Gasteiger partial charge in [-0.3, -0.25) is 0 Å². The van der Waals surface area contributed by atoms with Crippen molar-refractivity contribution in [2.24, 2.45) is 5.92 Å². The van der Waals surface area contributed by atoms with Gasteiger partial charge in [0.05, 0.1) is 31.3 Å². The highest BCUT2D eigenvalue weighted by molar-refractivity contribution is 5.59. The Labute approximate surface area is 164 Å². The summed E-state index contributed by atoms with van der Waals surface area (Å²) in [6, 6.07) is 8.06. The van der Waals surface area contributed by atoms with Crippen molar-refractivity contribution < 1.29 is 9.47 Å². The number of benzene rings is 1. The molecule has 1 aromatic heterocycles. The van der Waals surface area contributed by atoms with E-state index in [2.05, 4.69) is 30.7 Å². The minimum atomic E-state index is 0.523. The minimum absolute atomic E-state index is 0.523. The van der Waals surface area contributed by atoms with Crippen molar-refractivity contribution in [1.29, 1.82) is 0 Å². The molecule has 0 saturated heterocycles. The van der Waals surface area contributed by atoms with E-state index >= 15 is 0 Å². The van der Waals surface area contributed by atoms with Gasteiger partial charge in [0.25, 0.3) is 0 Å². The normalized spacial score (nSPS) is 12.0. The van der Waals surface area contributed by atoms with E-state index in [9.17, 15) is 0 Å². The van der Waals surface area contributed by atoms with Crippen molar-refractivity contribution in [3.63, 3.8) is 0 Å². The fourth-order valence-electron chi connectivity index (χ4n) is 2.68. The summed E-state index contributed by atoms with van der Waals surface area (Å²) in [6.07, 6.45) is 12.2. The van der Waals surface area contributed by atoms with Gasteiger partial charge < -0.3 is 9.47 Å². The molecule has 0 N–H and O–H groups in total. The average molecular weight is 371 g/mol. The van der Waals surface area contributed by atoms with E-state index in [-0.39, 0.29) is 0 Å². The number of aromatic nitrogens is 2. The number of hydrogen-bond acceptors (Lipinski definition) is 4. The lowest BCUT2D eigenvalue weighted by molar-refractivity contribution is 0.247. The molecule has 0 spiro atoms. The molecule has 4 nitrogen and oxygen atoms in total. The van der Waals surface area contributed by atoms with Crippen molar-refractivity contribution in [2.75, 3.05) is 13.2 Å². The molecule has 2 rings (SSSR count). The molecule has 0 aliphatic rings. The zero-order valence-electron chi connectivity index (χ0n) is 17.1. The Kier molecular flexibility index (Phi) is 9.67. The fraction of sp³-hybridized carbons (Fsp3) is 0.565. The average Bonchev–Trinajstić information content (AvgIpc) is 2.72. The summed E-state index contributed by atoms with van der Waals surface area (Å²) in [4.78, 5) is 8.82. The van der Waals surface area contributed by atoms with Gasteiger partial charge in [0.2, 0.25) is 5.88 Å². The lowest BCUT2D eigenvalue weighted by atomic mass is 10.1. The maximum Gasteiger partial charge on any atom is 0.232 e. The van der Waals surface area contributed by atoms with Crippen molar-refractivity contribution in [1.82, 2.24) is 9.97 Å². The van der Waals surface area contributed by atoms with E-state index < -0.39 is 0 Å². The monoisotopic (exact) mass is 370 g/mol. The summed E-state index contributed by atoms with van der Waals surface area (Å²) >= 11 is 0. The van der Waals surface area contributed by atoms with Gasteiger partial charge in [0.15, 0.2) is 0 Å². The maximum atomic E-state index is 5.83. The number of rotatable bonds is 13. The first kappa shape index (κ1) is 21.2. The first-order chi connectivity index (χ1) is 13.2. The van der Waals surface area contributed by atoms with Crippen LogP contribution in [0.4, 0.5) is 0 Å². The second kappa shape index (κ2) is 12.3. The molecule has 0 aliphatic heterocycles. The minimum Gasteiger partial charge on any atom is -0.494 e. The topological polar surface area (TPSA) is 44.2 Å². The van der Waals surface area contributed by atoms with Crippen LogP contribution in [0.5, 0.6) is 11.6 Å². The Bertz CT molecular complexity index is 626. The molecule has 0 saturated carbocycles. The van der Waals surface area contributed by atoms with Gasteiger partial charge in [-0.15, -0.1) is 0 Å². The smallest absolute Gasteiger partial charge is 0.232 e. The van der Waals surface area contributed by atoms with Gasteiger partial charge in [-0.05, 0) is 36.6 Å². The molecule has 0 bridgehead atoms. The standard InChI is InChI=1S/C23H34N2O2/c1-4-6-7-8-9-10-15-26-21-13-11-20(12-14-21)22-16-25-23(17-24-22)27-18-19(3)5-2/h11-14,16-17,19H,4-10,15,18H2,1-3H3. The van der Waals surface area contributed by atoms with Gasteiger partial charge >= 0.3 is 0 Å². The summed E-state index contributed by atoms with van der Waals surface area (Å²) in [5, 5.41) is 0. The summed E-state index contributed by atoms with van der Waals surface area (Å²) in [5.74, 6) is 2.02. The highest BCUT2D eigenvalue weighted by Crippen LogP contribution is 2.21. The summed E-state index contributed by atoms with van der Waals surface area (Å²) < 4.78 is 11.5. The highest BCUT2D eigenvalue weighted by Gasteiger charge is 2.04. The van der Waals surface area contributed by atoms with Crippen LogP contribution in [-0.2, 0) is 0 Å². The molecule has 0 radical (unpaired) electrons. The molecule has 2 aromatic rings. The number of nitrogens with zero attached hydrogens (tertiary/aromatic N) is 2. The van der Waals surface area contributed by atoms with Crippen molar-refractivity contribution in [3.8, 4) is 22.9 Å². The predicted octanol–water partition coefficient (Wildman–Crippen LogP) is 6.31. The van der Waals surface area contributed by atoms with E-state index in [0.29, 0.717) is 18.4 Å². The van der Waals surface area contributed by atoms with Gasteiger partial charge in [-0.25, -0.2) is 9.97 Å². The van der Waals surface area contributed by atoms with Crippen LogP contribution in [-0.4, -0.2) is 23.2 Å². The van der Waals surface area contributed by atoms with Crippen LogP contribution < -0.4 is 9.47 Å². The molecule has 1 heterocycles. The van der Waals surface area contributed by atoms with E-state index in [0.717, 1.165) is 36.5 Å². The molecule has 148 valence electrons. The third-order valence-electron chi connectivity index (χ3n) is 4.76. The first-order valence-electron chi connectivity index (χ1n) is 10.4. The molecule has 0 amide bonds. The Morgan fingerprint density at radius 2 is 1.59 bits per heavy atom. The Morgan fingerprint density at radius 3 is 2.26 bits per heavy atom. The van der Waals surface area contributed by atoms with Gasteiger partial charge in [0.1, 0.15) is 5.75 Å². The molecule has 1 unspecified atom stereocenters. The first-order valence-corrected chi connectivity index (χ1v) is 10.4. The summed E-state index contributed by atoms with van der Waals surface area (Å²) in [6.45, 7) is 8.03. The SMILES string of the molecule is CCCCCCCCOc1ccc(-c2cnc(OCC(C)CC)cn2)cc1. The van der Waals surface area contributed by atoms with Gasteiger partial charge in [0, 0.05) is 5.56 Å². The largest absolute Gasteiger partial charge is 0.494 e. The zero-order valence-corrected chi connectivity index (χ0v) is 17.1. The molecule has 0 fully saturated rings. The third kappa shape index (κ3) is 7.98. The number of hydrogen-bond donors (Lipinski definition) is 0. The molecule has 27 heavy (non-hydrogen) atoms. The van der Waals surface area contributed by atoms with Crippen LogP contribution in [0.25, 0.3) is 11.3 Å². The van der Waals surface area contributed by atoms with Crippen LogP contribution >= 0.6 is 0 Å². The predicted molar refractivity (Wildman–Crippen MR) is 111 cm³/mol. The fourth-order valence-corrected chi connectivity index (χ4v) is 2.68. The van der Waals surface area contributed by atoms with E-state index in [1.165, 1.54) is 32.1 Å².